The van der Waals surface area contributed by atoms with Crippen LogP contribution in [0.25, 0.3) is 0 Å². The lowest BCUT2D eigenvalue weighted by molar-refractivity contribution is -0.119. The van der Waals surface area contributed by atoms with Gasteiger partial charge in [-0.3, -0.25) is 9.69 Å². The zero-order valence-corrected chi connectivity index (χ0v) is 14.0. The first-order chi connectivity index (χ1) is 11.6. The quantitative estimate of drug-likeness (QED) is 0.771. The molecule has 1 aromatic rings. The minimum Gasteiger partial charge on any atom is -0.369 e. The van der Waals surface area contributed by atoms with Crippen LogP contribution in [0.1, 0.15) is 37.7 Å². The van der Waals surface area contributed by atoms with Gasteiger partial charge in [-0.25, -0.2) is 4.99 Å². The van der Waals surface area contributed by atoms with Crippen LogP contribution < -0.4 is 21.7 Å². The SMILES string of the molecule is CNC(=O)Cc1ccccc1N1C(N)=NC(N)=NC12CCCCC2. The first-order valence-electron chi connectivity index (χ1n) is 8.34. The van der Waals surface area contributed by atoms with Crippen molar-refractivity contribution in [2.75, 3.05) is 11.9 Å². The van der Waals surface area contributed by atoms with Crippen LogP contribution >= 0.6 is 0 Å². The number of para-hydroxylation sites is 1. The van der Waals surface area contributed by atoms with Gasteiger partial charge in [0.15, 0.2) is 0 Å². The van der Waals surface area contributed by atoms with Crippen molar-refractivity contribution in [3.8, 4) is 0 Å². The zero-order chi connectivity index (χ0) is 17.2. The van der Waals surface area contributed by atoms with E-state index in [1.807, 2.05) is 29.2 Å². The van der Waals surface area contributed by atoms with E-state index in [2.05, 4.69) is 15.3 Å². The van der Waals surface area contributed by atoms with Crippen molar-refractivity contribution in [2.24, 2.45) is 21.5 Å². The van der Waals surface area contributed by atoms with E-state index in [4.69, 9.17) is 11.5 Å². The summed E-state index contributed by atoms with van der Waals surface area (Å²) in [5.41, 5.74) is 13.4. The largest absolute Gasteiger partial charge is 0.369 e. The molecule has 1 saturated carbocycles. The smallest absolute Gasteiger partial charge is 0.224 e. The lowest BCUT2D eigenvalue weighted by atomic mass is 9.86. The molecule has 5 N–H and O–H groups in total. The van der Waals surface area contributed by atoms with E-state index in [0.717, 1.165) is 36.9 Å². The van der Waals surface area contributed by atoms with Gasteiger partial charge in [-0.15, -0.1) is 0 Å². The fraction of sp³-hybridized carbons (Fsp3) is 0.471. The van der Waals surface area contributed by atoms with Crippen molar-refractivity contribution >= 4 is 23.5 Å². The van der Waals surface area contributed by atoms with Gasteiger partial charge < -0.3 is 16.8 Å². The van der Waals surface area contributed by atoms with Crippen LogP contribution in [0.4, 0.5) is 5.69 Å². The van der Waals surface area contributed by atoms with Crippen molar-refractivity contribution in [3.63, 3.8) is 0 Å². The molecule has 0 unspecified atom stereocenters. The molecule has 0 saturated heterocycles. The predicted molar refractivity (Wildman–Crippen MR) is 95.8 cm³/mol. The number of guanidine groups is 2. The average molecular weight is 328 g/mol. The Morgan fingerprint density at radius 2 is 1.96 bits per heavy atom. The van der Waals surface area contributed by atoms with Gasteiger partial charge in [-0.2, -0.15) is 4.99 Å². The highest BCUT2D eigenvalue weighted by molar-refractivity contribution is 6.06. The van der Waals surface area contributed by atoms with Crippen molar-refractivity contribution in [1.82, 2.24) is 5.32 Å². The van der Waals surface area contributed by atoms with Gasteiger partial charge in [0.05, 0.1) is 6.42 Å². The number of nitrogens with two attached hydrogens (primary N) is 2. The number of carbonyl (C=O) groups excluding carboxylic acids is 1. The number of nitrogens with one attached hydrogen (secondary N) is 1. The van der Waals surface area contributed by atoms with E-state index in [0.29, 0.717) is 5.96 Å². The van der Waals surface area contributed by atoms with E-state index >= 15 is 0 Å². The summed E-state index contributed by atoms with van der Waals surface area (Å²) in [5, 5.41) is 2.67. The Bertz CT molecular complexity index is 690. The minimum atomic E-state index is -0.493. The Balaban J connectivity index is 2.06. The predicted octanol–water partition coefficient (Wildman–Crippen LogP) is 1.08. The van der Waals surface area contributed by atoms with Gasteiger partial charge in [-0.05, 0) is 37.3 Å². The first kappa shape index (κ1) is 16.3. The van der Waals surface area contributed by atoms with Crippen LogP contribution in [-0.2, 0) is 11.2 Å². The molecule has 7 heteroatoms. The lowest BCUT2D eigenvalue weighted by Crippen LogP contribution is -2.58. The normalized spacial score (nSPS) is 19.6. The van der Waals surface area contributed by atoms with Crippen molar-refractivity contribution in [2.45, 2.75) is 44.2 Å². The molecule has 0 aromatic heterocycles. The molecule has 0 atom stereocenters. The van der Waals surface area contributed by atoms with E-state index in [1.54, 1.807) is 7.05 Å². The average Bonchev–Trinajstić information content (AvgIpc) is 2.56. The van der Waals surface area contributed by atoms with Crippen molar-refractivity contribution in [3.05, 3.63) is 29.8 Å². The zero-order valence-electron chi connectivity index (χ0n) is 14.0. The third kappa shape index (κ3) is 2.93. The van der Waals surface area contributed by atoms with Gasteiger partial charge in [0.2, 0.25) is 17.8 Å². The second-order valence-electron chi connectivity index (χ2n) is 6.30. The van der Waals surface area contributed by atoms with E-state index in [9.17, 15) is 4.79 Å². The monoisotopic (exact) mass is 328 g/mol. The summed E-state index contributed by atoms with van der Waals surface area (Å²) >= 11 is 0. The third-order valence-corrected chi connectivity index (χ3v) is 4.71. The Hall–Kier alpha value is -2.57. The molecule has 1 fully saturated rings. The van der Waals surface area contributed by atoms with Gasteiger partial charge in [0.1, 0.15) is 5.66 Å². The summed E-state index contributed by atoms with van der Waals surface area (Å²) in [6.45, 7) is 0. The molecule has 0 radical (unpaired) electrons. The summed E-state index contributed by atoms with van der Waals surface area (Å²) in [7, 11) is 1.63. The maximum absolute atomic E-state index is 11.9. The Labute approximate surface area is 141 Å². The molecule has 1 aliphatic carbocycles. The van der Waals surface area contributed by atoms with Gasteiger partial charge in [0.25, 0.3) is 0 Å². The maximum atomic E-state index is 11.9. The Morgan fingerprint density at radius 3 is 2.67 bits per heavy atom. The first-order valence-corrected chi connectivity index (χ1v) is 8.34. The summed E-state index contributed by atoms with van der Waals surface area (Å²) in [6, 6.07) is 7.77. The molecular weight excluding hydrogens is 304 g/mol. The van der Waals surface area contributed by atoms with E-state index in [1.165, 1.54) is 6.42 Å². The Morgan fingerprint density at radius 1 is 1.25 bits per heavy atom. The topological polar surface area (TPSA) is 109 Å². The number of likely N-dealkylation sites (N-methyl/N-ethyl adjacent to an activating group) is 1. The molecule has 1 amide bonds. The van der Waals surface area contributed by atoms with Gasteiger partial charge in [0, 0.05) is 12.7 Å². The number of aliphatic imine (C=N–C) groups is 2. The molecule has 24 heavy (non-hydrogen) atoms. The molecule has 128 valence electrons. The number of benzene rings is 1. The van der Waals surface area contributed by atoms with Crippen molar-refractivity contribution < 1.29 is 4.79 Å². The number of carbonyl (C=O) groups is 1. The molecule has 7 nitrogen and oxygen atoms in total. The minimum absolute atomic E-state index is 0.0457. The van der Waals surface area contributed by atoms with Gasteiger partial charge in [-0.1, -0.05) is 24.6 Å². The molecule has 1 spiro atoms. The van der Waals surface area contributed by atoms with Crippen LogP contribution in [0.5, 0.6) is 0 Å². The Kier molecular flexibility index (Phi) is 4.42. The number of anilines is 1. The number of hydrogen-bond donors (Lipinski definition) is 3. The van der Waals surface area contributed by atoms with Gasteiger partial charge >= 0.3 is 0 Å². The number of amides is 1. The van der Waals surface area contributed by atoms with Crippen molar-refractivity contribution in [1.29, 1.82) is 0 Å². The standard InChI is InChI=1S/C17H24N6O/c1-20-14(24)11-12-7-3-4-8-13(12)23-16(19)21-15(18)22-17(23)9-5-2-6-10-17/h3-4,7-8H,2,5-6,9-11H2,1H3,(H,20,24)(H4,18,19,21,22). The van der Waals surface area contributed by atoms with E-state index < -0.39 is 5.66 Å². The van der Waals surface area contributed by atoms with Crippen LogP contribution in [-0.4, -0.2) is 30.5 Å². The molecule has 1 aromatic carbocycles. The molecule has 0 bridgehead atoms. The highest BCUT2D eigenvalue weighted by Crippen LogP contribution is 2.40. The summed E-state index contributed by atoms with van der Waals surface area (Å²) in [6.07, 6.45) is 5.35. The summed E-state index contributed by atoms with van der Waals surface area (Å²) in [4.78, 5) is 22.7. The maximum Gasteiger partial charge on any atom is 0.224 e. The fourth-order valence-corrected chi connectivity index (χ4v) is 3.61. The van der Waals surface area contributed by atoms with Crippen LogP contribution in [0, 0.1) is 0 Å². The van der Waals surface area contributed by atoms with Crippen LogP contribution in [0.2, 0.25) is 0 Å². The van der Waals surface area contributed by atoms with Crippen LogP contribution in [0.15, 0.2) is 34.3 Å². The lowest BCUT2D eigenvalue weighted by Gasteiger charge is -2.46. The number of hydrogen-bond acceptors (Lipinski definition) is 6. The highest BCUT2D eigenvalue weighted by Gasteiger charge is 2.43. The second kappa shape index (κ2) is 6.51. The molecular formula is C17H24N6O. The summed E-state index contributed by atoms with van der Waals surface area (Å²) < 4.78 is 0. The molecule has 1 heterocycles. The molecule has 1 aliphatic heterocycles. The number of rotatable bonds is 3. The highest BCUT2D eigenvalue weighted by atomic mass is 16.1. The molecule has 2 aliphatic rings. The van der Waals surface area contributed by atoms with E-state index in [-0.39, 0.29) is 18.3 Å². The molecule has 3 rings (SSSR count). The third-order valence-electron chi connectivity index (χ3n) is 4.71. The summed E-state index contributed by atoms with van der Waals surface area (Å²) in [5.74, 6) is 0.527. The second-order valence-corrected chi connectivity index (χ2v) is 6.30. The number of nitrogens with zero attached hydrogens (tertiary/aromatic N) is 3. The fourth-order valence-electron chi connectivity index (χ4n) is 3.61. The van der Waals surface area contributed by atoms with Crippen LogP contribution in [0.3, 0.4) is 0 Å².